The summed E-state index contributed by atoms with van der Waals surface area (Å²) in [6.45, 7) is 1.79. The zero-order valence-electron chi connectivity index (χ0n) is 9.54. The number of methoxy groups -OCH3 is 1. The highest BCUT2D eigenvalue weighted by atomic mass is 35.7. The number of nitro groups is 1. The van der Waals surface area contributed by atoms with Gasteiger partial charge in [0.15, 0.2) is 11.5 Å². The minimum absolute atomic E-state index is 0.0646. The maximum Gasteiger partial charge on any atom is 0.274 e. The molecule has 0 aromatic heterocycles. The summed E-state index contributed by atoms with van der Waals surface area (Å²) in [5.41, 5.74) is -0.450. The molecule has 7 nitrogen and oxygen atoms in total. The van der Waals surface area contributed by atoms with E-state index in [2.05, 4.69) is 0 Å². The van der Waals surface area contributed by atoms with Gasteiger partial charge in [0.1, 0.15) is 4.90 Å². The smallest absolute Gasteiger partial charge is 0.274 e. The van der Waals surface area contributed by atoms with Crippen LogP contribution in [0.3, 0.4) is 0 Å². The van der Waals surface area contributed by atoms with Gasteiger partial charge >= 0.3 is 0 Å². The molecule has 0 radical (unpaired) electrons. The van der Waals surface area contributed by atoms with Gasteiger partial charge in [0.05, 0.1) is 24.7 Å². The summed E-state index contributed by atoms with van der Waals surface area (Å²) in [5, 5.41) is 10.7. The number of halogens is 1. The van der Waals surface area contributed by atoms with E-state index < -0.39 is 24.6 Å². The van der Waals surface area contributed by atoms with Crippen molar-refractivity contribution in [2.24, 2.45) is 0 Å². The Kier molecular flexibility index (Phi) is 4.36. The van der Waals surface area contributed by atoms with Gasteiger partial charge in [0.25, 0.3) is 14.7 Å². The Morgan fingerprint density at radius 3 is 2.44 bits per heavy atom. The van der Waals surface area contributed by atoms with Crippen molar-refractivity contribution in [1.29, 1.82) is 0 Å². The molecule has 0 heterocycles. The molecular weight excluding hydrogens is 286 g/mol. The number of hydrogen-bond donors (Lipinski definition) is 0. The molecule has 1 aromatic rings. The van der Waals surface area contributed by atoms with Crippen LogP contribution in [0, 0.1) is 10.1 Å². The van der Waals surface area contributed by atoms with Crippen LogP contribution in [0.2, 0.25) is 0 Å². The normalized spacial score (nSPS) is 11.1. The third-order valence-corrected chi connectivity index (χ3v) is 3.31. The van der Waals surface area contributed by atoms with E-state index in [1.165, 1.54) is 7.11 Å². The average molecular weight is 296 g/mol. The van der Waals surface area contributed by atoms with Gasteiger partial charge in [-0.05, 0) is 6.92 Å². The first-order valence-corrected chi connectivity index (χ1v) is 7.06. The number of benzene rings is 1. The van der Waals surface area contributed by atoms with Crippen molar-refractivity contribution in [3.05, 3.63) is 22.2 Å². The highest BCUT2D eigenvalue weighted by Gasteiger charge is 2.25. The molecule has 1 aromatic carbocycles. The fraction of sp³-hybridized carbons (Fsp3) is 0.333. The van der Waals surface area contributed by atoms with Gasteiger partial charge in [-0.1, -0.05) is 0 Å². The minimum atomic E-state index is -4.18. The molecule has 1 rings (SSSR count). The fourth-order valence-electron chi connectivity index (χ4n) is 1.29. The van der Waals surface area contributed by atoms with Gasteiger partial charge in [0, 0.05) is 16.7 Å². The number of rotatable bonds is 5. The Bertz CT molecular complexity index is 571. The molecule has 0 aliphatic rings. The predicted octanol–water partition coefficient (Wildman–Crippen LogP) is 1.93. The summed E-state index contributed by atoms with van der Waals surface area (Å²) in [6.07, 6.45) is 0. The summed E-state index contributed by atoms with van der Waals surface area (Å²) in [7, 11) is 2.28. The Hall–Kier alpha value is -1.54. The Morgan fingerprint density at radius 1 is 1.44 bits per heavy atom. The summed E-state index contributed by atoms with van der Waals surface area (Å²) in [5.74, 6) is -0.203. The molecule has 0 spiro atoms. The molecule has 0 saturated heterocycles. The molecule has 0 amide bonds. The van der Waals surface area contributed by atoms with Crippen molar-refractivity contribution in [1.82, 2.24) is 0 Å². The maximum absolute atomic E-state index is 11.4. The van der Waals surface area contributed by atoms with Crippen LogP contribution in [0.1, 0.15) is 6.92 Å². The lowest BCUT2D eigenvalue weighted by molar-refractivity contribution is -0.385. The number of ether oxygens (including phenoxy) is 2. The van der Waals surface area contributed by atoms with Crippen LogP contribution in [0.5, 0.6) is 11.5 Å². The topological polar surface area (TPSA) is 95.7 Å². The second-order valence-electron chi connectivity index (χ2n) is 3.10. The van der Waals surface area contributed by atoms with E-state index >= 15 is 0 Å². The van der Waals surface area contributed by atoms with Crippen molar-refractivity contribution < 1.29 is 22.8 Å². The molecule has 0 aliphatic carbocycles. The van der Waals surface area contributed by atoms with Gasteiger partial charge in [-0.2, -0.15) is 0 Å². The number of non-ortho nitro benzene ring substituents is 1. The summed E-state index contributed by atoms with van der Waals surface area (Å²) in [4.78, 5) is 9.45. The second-order valence-corrected chi connectivity index (χ2v) is 5.64. The molecule has 0 N–H and O–H groups in total. The van der Waals surface area contributed by atoms with Crippen molar-refractivity contribution in [3.63, 3.8) is 0 Å². The molecule has 0 fully saturated rings. The van der Waals surface area contributed by atoms with Crippen LogP contribution in [0.4, 0.5) is 5.69 Å². The van der Waals surface area contributed by atoms with Crippen molar-refractivity contribution >= 4 is 25.4 Å². The quantitative estimate of drug-likeness (QED) is 0.468. The standard InChI is InChI=1S/C9H10ClNO6S/c1-3-17-9-7(16-2)4-6(11(12)13)5-8(9)18(10,14)15/h4-5H,3H2,1-2H3. The lowest BCUT2D eigenvalue weighted by Crippen LogP contribution is -2.03. The number of hydrogen-bond acceptors (Lipinski definition) is 6. The summed E-state index contributed by atoms with van der Waals surface area (Å²) >= 11 is 0. The Balaban J connectivity index is 3.62. The van der Waals surface area contributed by atoms with E-state index in [0.29, 0.717) is 0 Å². The third-order valence-electron chi connectivity index (χ3n) is 1.99. The second kappa shape index (κ2) is 5.40. The zero-order valence-corrected chi connectivity index (χ0v) is 11.1. The van der Waals surface area contributed by atoms with E-state index in [0.717, 1.165) is 12.1 Å². The molecule has 18 heavy (non-hydrogen) atoms. The predicted molar refractivity (Wildman–Crippen MR) is 63.9 cm³/mol. The average Bonchev–Trinajstić information content (AvgIpc) is 2.27. The van der Waals surface area contributed by atoms with Crippen LogP contribution < -0.4 is 9.47 Å². The largest absolute Gasteiger partial charge is 0.493 e. The van der Waals surface area contributed by atoms with E-state index in [4.69, 9.17) is 20.2 Å². The minimum Gasteiger partial charge on any atom is -0.493 e. The van der Waals surface area contributed by atoms with E-state index in [1.807, 2.05) is 0 Å². The van der Waals surface area contributed by atoms with Gasteiger partial charge in [-0.3, -0.25) is 10.1 Å². The van der Waals surface area contributed by atoms with Gasteiger partial charge in [0.2, 0.25) is 0 Å². The number of nitrogens with zero attached hydrogens (tertiary/aromatic N) is 1. The monoisotopic (exact) mass is 295 g/mol. The lowest BCUT2D eigenvalue weighted by atomic mass is 10.3. The van der Waals surface area contributed by atoms with Crippen LogP contribution in [-0.2, 0) is 9.05 Å². The summed E-state index contributed by atoms with van der Waals surface area (Å²) in [6, 6.07) is 1.90. The molecule has 100 valence electrons. The molecule has 9 heteroatoms. The third kappa shape index (κ3) is 3.02. The van der Waals surface area contributed by atoms with Crippen LogP contribution >= 0.6 is 10.7 Å². The van der Waals surface area contributed by atoms with Crippen LogP contribution in [0.15, 0.2) is 17.0 Å². The van der Waals surface area contributed by atoms with Gasteiger partial charge in [-0.25, -0.2) is 8.42 Å². The molecule has 0 unspecified atom stereocenters. The SMILES string of the molecule is CCOc1c(OC)cc([N+](=O)[O-])cc1S(=O)(=O)Cl. The number of nitro benzene ring substituents is 1. The molecule has 0 saturated carbocycles. The summed E-state index contributed by atoms with van der Waals surface area (Å²) < 4.78 is 32.7. The highest BCUT2D eigenvalue weighted by molar-refractivity contribution is 8.13. The molecular formula is C9H10ClNO6S. The first-order chi connectivity index (χ1) is 8.31. The van der Waals surface area contributed by atoms with Crippen LogP contribution in [-0.4, -0.2) is 27.1 Å². The molecule has 0 aliphatic heterocycles. The molecule has 0 atom stereocenters. The Labute approximate surface area is 108 Å². The zero-order chi connectivity index (χ0) is 13.9. The fourth-order valence-corrected chi connectivity index (χ4v) is 2.27. The lowest BCUT2D eigenvalue weighted by Gasteiger charge is -2.12. The van der Waals surface area contributed by atoms with E-state index in [9.17, 15) is 18.5 Å². The highest BCUT2D eigenvalue weighted by Crippen LogP contribution is 2.39. The van der Waals surface area contributed by atoms with Crippen molar-refractivity contribution in [2.45, 2.75) is 11.8 Å². The van der Waals surface area contributed by atoms with E-state index in [1.54, 1.807) is 6.92 Å². The molecule has 0 bridgehead atoms. The first-order valence-electron chi connectivity index (χ1n) is 4.75. The van der Waals surface area contributed by atoms with E-state index in [-0.39, 0.29) is 18.1 Å². The maximum atomic E-state index is 11.4. The first kappa shape index (κ1) is 14.5. The van der Waals surface area contributed by atoms with Gasteiger partial charge < -0.3 is 9.47 Å². The van der Waals surface area contributed by atoms with Crippen molar-refractivity contribution in [2.75, 3.05) is 13.7 Å². The Morgan fingerprint density at radius 2 is 2.06 bits per heavy atom. The van der Waals surface area contributed by atoms with Crippen molar-refractivity contribution in [3.8, 4) is 11.5 Å². The van der Waals surface area contributed by atoms with Gasteiger partial charge in [-0.15, -0.1) is 0 Å². The van der Waals surface area contributed by atoms with Crippen LogP contribution in [0.25, 0.3) is 0 Å².